The van der Waals surface area contributed by atoms with E-state index in [1.54, 1.807) is 24.1 Å². The summed E-state index contributed by atoms with van der Waals surface area (Å²) in [6.45, 7) is 1.40. The summed E-state index contributed by atoms with van der Waals surface area (Å²) in [5.41, 5.74) is 6.22. The average molecular weight is 265 g/mol. The van der Waals surface area contributed by atoms with E-state index in [1.165, 1.54) is 6.20 Å². The van der Waals surface area contributed by atoms with Crippen molar-refractivity contribution in [3.05, 3.63) is 29.6 Å². The maximum Gasteiger partial charge on any atom is 0.272 e. The van der Waals surface area contributed by atoms with E-state index in [4.69, 9.17) is 10.9 Å². The molecule has 0 aliphatic heterocycles. The molecule has 0 atom stereocenters. The first-order chi connectivity index (χ1) is 8.95. The Morgan fingerprint density at radius 1 is 1.37 bits per heavy atom. The minimum Gasteiger partial charge on any atom is -0.409 e. The number of aromatic nitrogens is 1. The van der Waals surface area contributed by atoms with Gasteiger partial charge in [-0.25, -0.2) is 0 Å². The summed E-state index contributed by atoms with van der Waals surface area (Å²) in [6.07, 6.45) is 1.40. The average Bonchev–Trinajstić information content (AvgIpc) is 2.43. The molecule has 7 nitrogen and oxygen atoms in total. The lowest BCUT2D eigenvalue weighted by molar-refractivity contribution is 0.0780. The first-order valence-corrected chi connectivity index (χ1v) is 5.80. The molecule has 1 aromatic rings. The largest absolute Gasteiger partial charge is 0.409 e. The molecule has 0 unspecified atom stereocenters. The van der Waals surface area contributed by atoms with E-state index in [0.29, 0.717) is 17.8 Å². The van der Waals surface area contributed by atoms with E-state index in [0.717, 1.165) is 6.54 Å². The minimum absolute atomic E-state index is 0.0348. The number of hydrogen-bond donors (Lipinski definition) is 2. The fraction of sp³-hybridized carbons (Fsp3) is 0.417. The third-order valence-electron chi connectivity index (χ3n) is 2.62. The molecule has 0 saturated heterocycles. The maximum absolute atomic E-state index is 12.0. The highest BCUT2D eigenvalue weighted by Gasteiger charge is 2.13. The number of rotatable bonds is 5. The Morgan fingerprint density at radius 2 is 2.05 bits per heavy atom. The molecule has 0 aliphatic rings. The van der Waals surface area contributed by atoms with E-state index >= 15 is 0 Å². The summed E-state index contributed by atoms with van der Waals surface area (Å²) in [5, 5.41) is 11.4. The van der Waals surface area contributed by atoms with Crippen LogP contribution in [0.5, 0.6) is 0 Å². The second-order valence-corrected chi connectivity index (χ2v) is 4.45. The van der Waals surface area contributed by atoms with Crippen LogP contribution in [0.2, 0.25) is 0 Å². The number of hydrogen-bond acceptors (Lipinski definition) is 5. The zero-order valence-electron chi connectivity index (χ0n) is 11.4. The van der Waals surface area contributed by atoms with Crippen molar-refractivity contribution in [3.63, 3.8) is 0 Å². The van der Waals surface area contributed by atoms with Crippen LogP contribution in [0.1, 0.15) is 16.1 Å². The molecule has 3 N–H and O–H groups in total. The zero-order valence-corrected chi connectivity index (χ0v) is 11.4. The zero-order chi connectivity index (χ0) is 14.4. The van der Waals surface area contributed by atoms with Crippen LogP contribution < -0.4 is 5.73 Å². The Bertz CT molecular complexity index is 456. The van der Waals surface area contributed by atoms with Crippen molar-refractivity contribution in [3.8, 4) is 0 Å². The first kappa shape index (κ1) is 14.9. The van der Waals surface area contributed by atoms with Crippen LogP contribution in [0.25, 0.3) is 0 Å². The minimum atomic E-state index is -0.159. The molecule has 0 spiro atoms. The van der Waals surface area contributed by atoms with Crippen LogP contribution in [-0.2, 0) is 0 Å². The lowest BCUT2D eigenvalue weighted by atomic mass is 10.2. The highest BCUT2D eigenvalue weighted by atomic mass is 16.4. The van der Waals surface area contributed by atoms with Gasteiger partial charge in [0.2, 0.25) is 0 Å². The number of oxime groups is 1. The molecule has 1 aromatic heterocycles. The third kappa shape index (κ3) is 4.22. The number of amidine groups is 1. The van der Waals surface area contributed by atoms with Crippen molar-refractivity contribution in [1.29, 1.82) is 0 Å². The van der Waals surface area contributed by atoms with Gasteiger partial charge in [-0.05, 0) is 26.2 Å². The standard InChI is InChI=1S/C12H19N5O2/c1-16(2)6-7-17(3)12(18)10-5-4-9(8-14-10)11(13)15-19/h4-5,8,19H,6-7H2,1-3H3,(H2,13,15). The first-order valence-electron chi connectivity index (χ1n) is 5.80. The lowest BCUT2D eigenvalue weighted by Gasteiger charge is -2.19. The van der Waals surface area contributed by atoms with Crippen molar-refractivity contribution in [2.24, 2.45) is 10.9 Å². The van der Waals surface area contributed by atoms with Crippen molar-refractivity contribution in [2.75, 3.05) is 34.2 Å². The topological polar surface area (TPSA) is 95.0 Å². The Kier molecular flexibility index (Phi) is 5.25. The summed E-state index contributed by atoms with van der Waals surface area (Å²) < 4.78 is 0. The van der Waals surface area contributed by atoms with Gasteiger partial charge in [-0.3, -0.25) is 9.78 Å². The summed E-state index contributed by atoms with van der Waals surface area (Å²) in [5.74, 6) is -0.194. The van der Waals surface area contributed by atoms with Gasteiger partial charge in [0, 0.05) is 31.9 Å². The van der Waals surface area contributed by atoms with E-state index in [9.17, 15) is 4.79 Å². The quantitative estimate of drug-likeness (QED) is 0.333. The Hall–Kier alpha value is -2.15. The summed E-state index contributed by atoms with van der Waals surface area (Å²) >= 11 is 0. The normalized spacial score (nSPS) is 11.7. The molecule has 0 aromatic carbocycles. The third-order valence-corrected chi connectivity index (χ3v) is 2.62. The molecule has 1 heterocycles. The predicted octanol–water partition coefficient (Wildman–Crippen LogP) is -0.190. The molecule has 0 bridgehead atoms. The van der Waals surface area contributed by atoms with Gasteiger partial charge in [-0.15, -0.1) is 0 Å². The number of likely N-dealkylation sites (N-methyl/N-ethyl adjacent to an activating group) is 2. The summed E-state index contributed by atoms with van der Waals surface area (Å²) in [6, 6.07) is 3.15. The lowest BCUT2D eigenvalue weighted by Crippen LogP contribution is -2.34. The molecular weight excluding hydrogens is 246 g/mol. The van der Waals surface area contributed by atoms with Crippen LogP contribution in [0.3, 0.4) is 0 Å². The van der Waals surface area contributed by atoms with Gasteiger partial charge in [0.25, 0.3) is 5.91 Å². The van der Waals surface area contributed by atoms with Gasteiger partial charge in [-0.2, -0.15) is 0 Å². The molecule has 0 saturated carbocycles. The van der Waals surface area contributed by atoms with Gasteiger partial charge >= 0.3 is 0 Å². The number of nitrogens with two attached hydrogens (primary N) is 1. The molecule has 1 rings (SSSR count). The number of carbonyl (C=O) groups excluding carboxylic acids is 1. The SMILES string of the molecule is CN(C)CCN(C)C(=O)c1ccc(C(N)=NO)cn1. The fourth-order valence-corrected chi connectivity index (χ4v) is 1.38. The van der Waals surface area contributed by atoms with Crippen LogP contribution >= 0.6 is 0 Å². The Balaban J connectivity index is 2.72. The van der Waals surface area contributed by atoms with Gasteiger partial charge in [0.15, 0.2) is 5.84 Å². The van der Waals surface area contributed by atoms with Crippen molar-refractivity contribution >= 4 is 11.7 Å². The van der Waals surface area contributed by atoms with Crippen molar-refractivity contribution in [1.82, 2.24) is 14.8 Å². The summed E-state index contributed by atoms with van der Waals surface area (Å²) in [4.78, 5) is 19.7. The van der Waals surface area contributed by atoms with Gasteiger partial charge in [0.1, 0.15) is 5.69 Å². The number of carbonyl (C=O) groups is 1. The molecule has 0 fully saturated rings. The molecule has 19 heavy (non-hydrogen) atoms. The van der Waals surface area contributed by atoms with Gasteiger partial charge in [0.05, 0.1) is 0 Å². The molecule has 0 aliphatic carbocycles. The highest BCUT2D eigenvalue weighted by Crippen LogP contribution is 2.03. The van der Waals surface area contributed by atoms with Crippen LogP contribution in [0.4, 0.5) is 0 Å². The maximum atomic E-state index is 12.0. The van der Waals surface area contributed by atoms with Crippen LogP contribution in [0.15, 0.2) is 23.5 Å². The Morgan fingerprint density at radius 3 is 2.53 bits per heavy atom. The predicted molar refractivity (Wildman–Crippen MR) is 72.3 cm³/mol. The molecule has 7 heteroatoms. The number of pyridine rings is 1. The van der Waals surface area contributed by atoms with E-state index < -0.39 is 0 Å². The second kappa shape index (κ2) is 6.69. The van der Waals surface area contributed by atoms with E-state index in [1.807, 2.05) is 19.0 Å². The van der Waals surface area contributed by atoms with Crippen LogP contribution in [0, 0.1) is 0 Å². The van der Waals surface area contributed by atoms with E-state index in [2.05, 4.69) is 10.1 Å². The summed E-state index contributed by atoms with van der Waals surface area (Å²) in [7, 11) is 5.62. The monoisotopic (exact) mass is 265 g/mol. The second-order valence-electron chi connectivity index (χ2n) is 4.45. The van der Waals surface area contributed by atoms with Crippen LogP contribution in [-0.4, -0.2) is 66.0 Å². The van der Waals surface area contributed by atoms with Crippen molar-refractivity contribution in [2.45, 2.75) is 0 Å². The molecule has 104 valence electrons. The molecular formula is C12H19N5O2. The molecule has 1 amide bonds. The van der Waals surface area contributed by atoms with Gasteiger partial charge in [-0.1, -0.05) is 5.16 Å². The fourth-order valence-electron chi connectivity index (χ4n) is 1.38. The Labute approximate surface area is 112 Å². The highest BCUT2D eigenvalue weighted by molar-refractivity contribution is 5.98. The number of amides is 1. The number of nitrogens with zero attached hydrogens (tertiary/aromatic N) is 4. The van der Waals surface area contributed by atoms with E-state index in [-0.39, 0.29) is 11.7 Å². The smallest absolute Gasteiger partial charge is 0.272 e. The van der Waals surface area contributed by atoms with Gasteiger partial charge < -0.3 is 20.7 Å². The molecule has 0 radical (unpaired) electrons. The van der Waals surface area contributed by atoms with Crippen molar-refractivity contribution < 1.29 is 10.0 Å².